The Morgan fingerprint density at radius 1 is 1.35 bits per heavy atom. The van der Waals surface area contributed by atoms with Crippen molar-refractivity contribution in [3.8, 4) is 0 Å². The van der Waals surface area contributed by atoms with Crippen LogP contribution in [0.15, 0.2) is 28.0 Å². The van der Waals surface area contributed by atoms with Crippen molar-refractivity contribution < 1.29 is 13.2 Å². The van der Waals surface area contributed by atoms with E-state index < -0.39 is 27.0 Å². The van der Waals surface area contributed by atoms with E-state index in [4.69, 9.17) is 0 Å². The number of carbonyl (C=O) groups excluding carboxylic acids is 1. The molecule has 0 spiro atoms. The summed E-state index contributed by atoms with van der Waals surface area (Å²) in [6.45, 7) is 5.13. The lowest BCUT2D eigenvalue weighted by Gasteiger charge is -2.23. The first kappa shape index (κ1) is 16.4. The number of nitrogens with one attached hydrogen (secondary N) is 2. The number of likely N-dealkylation sites (N-methyl/N-ethyl adjacent to an activating group) is 1. The summed E-state index contributed by atoms with van der Waals surface area (Å²) in [7, 11) is -2.50. The number of carbonyl (C=O) groups is 1. The minimum atomic E-state index is -3.80. The third kappa shape index (κ3) is 4.46. The third-order valence-corrected chi connectivity index (χ3v) is 4.14. The maximum atomic E-state index is 12.2. The van der Waals surface area contributed by atoms with Gasteiger partial charge < -0.3 is 10.3 Å². The molecule has 0 radical (unpaired) electrons. The smallest absolute Gasteiger partial charge is 0.247 e. The Morgan fingerprint density at radius 2 is 1.95 bits per heavy atom. The van der Waals surface area contributed by atoms with Crippen LogP contribution in [-0.4, -0.2) is 42.7 Å². The minimum absolute atomic E-state index is 0.0665. The molecule has 0 atom stereocenters. The van der Waals surface area contributed by atoms with Gasteiger partial charge in [0.1, 0.15) is 0 Å². The van der Waals surface area contributed by atoms with E-state index in [-0.39, 0.29) is 11.4 Å². The standard InChI is InChI=1S/C12H19N3O4S/c1-12(2,3)14-11(17)8-15(4)20(18,19)9-5-6-10(16)13-7-9/h5-7H,8H2,1-4H3,(H,13,16)(H,14,17). The molecular weight excluding hydrogens is 282 g/mol. The van der Waals surface area contributed by atoms with Crippen LogP contribution in [0.2, 0.25) is 0 Å². The SMILES string of the molecule is CN(CC(=O)NC(C)(C)C)S(=O)(=O)c1ccc(=O)[nH]c1. The average Bonchev–Trinajstić information content (AvgIpc) is 2.26. The molecule has 1 amide bonds. The molecule has 0 aliphatic carbocycles. The number of rotatable bonds is 4. The summed E-state index contributed by atoms with van der Waals surface area (Å²) in [6, 6.07) is 2.32. The van der Waals surface area contributed by atoms with Crippen LogP contribution in [0.5, 0.6) is 0 Å². The van der Waals surface area contributed by atoms with Crippen LogP contribution in [0.3, 0.4) is 0 Å². The van der Waals surface area contributed by atoms with E-state index in [1.807, 2.05) is 0 Å². The van der Waals surface area contributed by atoms with Gasteiger partial charge in [-0.3, -0.25) is 9.59 Å². The second-order valence-corrected chi connectivity index (χ2v) is 7.49. The van der Waals surface area contributed by atoms with Gasteiger partial charge in [0.2, 0.25) is 21.5 Å². The van der Waals surface area contributed by atoms with Gasteiger partial charge in [-0.25, -0.2) is 8.42 Å². The molecule has 1 aromatic heterocycles. The molecule has 0 aliphatic rings. The first-order valence-electron chi connectivity index (χ1n) is 5.98. The van der Waals surface area contributed by atoms with Crippen molar-refractivity contribution in [3.05, 3.63) is 28.7 Å². The molecule has 1 aromatic rings. The lowest BCUT2D eigenvalue weighted by atomic mass is 10.1. The Labute approximate surface area is 118 Å². The summed E-state index contributed by atoms with van der Waals surface area (Å²) in [5.41, 5.74) is -0.822. The minimum Gasteiger partial charge on any atom is -0.350 e. The van der Waals surface area contributed by atoms with Crippen molar-refractivity contribution in [1.82, 2.24) is 14.6 Å². The Kier molecular flexibility index (Phi) is 4.72. The summed E-state index contributed by atoms with van der Waals surface area (Å²) in [5, 5.41) is 2.68. The van der Waals surface area contributed by atoms with Crippen LogP contribution in [0.25, 0.3) is 0 Å². The highest BCUT2D eigenvalue weighted by Gasteiger charge is 2.24. The highest BCUT2D eigenvalue weighted by molar-refractivity contribution is 7.89. The summed E-state index contributed by atoms with van der Waals surface area (Å²) < 4.78 is 25.3. The number of amides is 1. The second kappa shape index (κ2) is 5.76. The lowest BCUT2D eigenvalue weighted by Crippen LogP contribution is -2.46. The van der Waals surface area contributed by atoms with E-state index in [1.165, 1.54) is 13.1 Å². The van der Waals surface area contributed by atoms with Gasteiger partial charge in [-0.1, -0.05) is 0 Å². The molecule has 112 valence electrons. The zero-order chi connectivity index (χ0) is 15.6. The van der Waals surface area contributed by atoms with Crippen LogP contribution in [-0.2, 0) is 14.8 Å². The van der Waals surface area contributed by atoms with Crippen molar-refractivity contribution in [2.75, 3.05) is 13.6 Å². The van der Waals surface area contributed by atoms with Crippen LogP contribution in [0.1, 0.15) is 20.8 Å². The van der Waals surface area contributed by atoms with Gasteiger partial charge >= 0.3 is 0 Å². The van der Waals surface area contributed by atoms with Gasteiger partial charge in [0.15, 0.2) is 0 Å². The number of H-pyrrole nitrogens is 1. The van der Waals surface area contributed by atoms with Crippen molar-refractivity contribution in [1.29, 1.82) is 0 Å². The summed E-state index contributed by atoms with van der Waals surface area (Å²) in [4.78, 5) is 24.9. The van der Waals surface area contributed by atoms with E-state index in [9.17, 15) is 18.0 Å². The molecule has 0 bridgehead atoms. The Morgan fingerprint density at radius 3 is 2.40 bits per heavy atom. The first-order valence-corrected chi connectivity index (χ1v) is 7.42. The number of pyridine rings is 1. The van der Waals surface area contributed by atoms with Gasteiger partial charge in [0.25, 0.3) is 0 Å². The predicted octanol–water partition coefficient (Wildman–Crippen LogP) is -0.0899. The Bertz CT molecular complexity index is 623. The molecule has 0 fully saturated rings. The molecule has 8 heteroatoms. The molecule has 0 aliphatic heterocycles. The molecule has 2 N–H and O–H groups in total. The number of aromatic nitrogens is 1. The largest absolute Gasteiger partial charge is 0.350 e. The monoisotopic (exact) mass is 301 g/mol. The fourth-order valence-corrected chi connectivity index (χ4v) is 2.58. The molecule has 0 saturated carbocycles. The third-order valence-electron chi connectivity index (χ3n) is 2.34. The van der Waals surface area contributed by atoms with Gasteiger partial charge in [0, 0.05) is 24.8 Å². The van der Waals surface area contributed by atoms with Crippen LogP contribution in [0, 0.1) is 0 Å². The van der Waals surface area contributed by atoms with Crippen molar-refractivity contribution in [3.63, 3.8) is 0 Å². The highest BCUT2D eigenvalue weighted by Crippen LogP contribution is 2.11. The molecule has 1 rings (SSSR count). The van der Waals surface area contributed by atoms with E-state index in [1.54, 1.807) is 20.8 Å². The predicted molar refractivity (Wildman–Crippen MR) is 74.8 cm³/mol. The quantitative estimate of drug-likeness (QED) is 0.812. The van der Waals surface area contributed by atoms with Gasteiger partial charge in [-0.15, -0.1) is 0 Å². The molecule has 0 unspecified atom stereocenters. The van der Waals surface area contributed by atoms with E-state index in [2.05, 4.69) is 10.3 Å². The second-order valence-electron chi connectivity index (χ2n) is 5.45. The first-order chi connectivity index (χ1) is 9.02. The van der Waals surface area contributed by atoms with E-state index in [0.717, 1.165) is 16.6 Å². The molecular formula is C12H19N3O4S. The number of sulfonamides is 1. The van der Waals surface area contributed by atoms with Gasteiger partial charge in [0.05, 0.1) is 11.4 Å². The fraction of sp³-hybridized carbons (Fsp3) is 0.500. The number of hydrogen-bond acceptors (Lipinski definition) is 4. The van der Waals surface area contributed by atoms with Gasteiger partial charge in [-0.2, -0.15) is 4.31 Å². The lowest BCUT2D eigenvalue weighted by molar-refractivity contribution is -0.122. The Hall–Kier alpha value is -1.67. The molecule has 0 aromatic carbocycles. The molecule has 1 heterocycles. The Balaban J connectivity index is 2.85. The van der Waals surface area contributed by atoms with Crippen LogP contribution >= 0.6 is 0 Å². The normalized spacial score (nSPS) is 12.4. The molecule has 20 heavy (non-hydrogen) atoms. The van der Waals surface area contributed by atoms with Crippen molar-refractivity contribution in [2.24, 2.45) is 0 Å². The van der Waals surface area contributed by atoms with E-state index >= 15 is 0 Å². The zero-order valence-electron chi connectivity index (χ0n) is 11.9. The fourth-order valence-electron chi connectivity index (χ4n) is 1.48. The van der Waals surface area contributed by atoms with Crippen molar-refractivity contribution in [2.45, 2.75) is 31.2 Å². The summed E-state index contributed by atoms with van der Waals surface area (Å²) >= 11 is 0. The topological polar surface area (TPSA) is 99.3 Å². The van der Waals surface area contributed by atoms with Gasteiger partial charge in [-0.05, 0) is 26.8 Å². The maximum absolute atomic E-state index is 12.2. The molecule has 0 saturated heterocycles. The molecule has 7 nitrogen and oxygen atoms in total. The van der Waals surface area contributed by atoms with Crippen LogP contribution < -0.4 is 10.9 Å². The highest BCUT2D eigenvalue weighted by atomic mass is 32.2. The number of aromatic amines is 1. The number of hydrogen-bond donors (Lipinski definition) is 2. The number of nitrogens with zero attached hydrogens (tertiary/aromatic N) is 1. The van der Waals surface area contributed by atoms with Crippen LogP contribution in [0.4, 0.5) is 0 Å². The van der Waals surface area contributed by atoms with E-state index in [0.29, 0.717) is 0 Å². The summed E-state index contributed by atoms with van der Waals surface area (Å²) in [5.74, 6) is -0.395. The van der Waals surface area contributed by atoms with Crippen molar-refractivity contribution >= 4 is 15.9 Å². The average molecular weight is 301 g/mol. The zero-order valence-corrected chi connectivity index (χ0v) is 12.7. The maximum Gasteiger partial charge on any atom is 0.247 e. The summed E-state index contributed by atoms with van der Waals surface area (Å²) in [6.07, 6.45) is 1.11.